The smallest absolute Gasteiger partial charge is 0.142 e. The zero-order chi connectivity index (χ0) is 26.0. The molecule has 0 aromatic heterocycles. The number of nitrogens with two attached hydrogens (primary N) is 1. The molecule has 5 nitrogen and oxygen atoms in total. The average molecular weight is 497 g/mol. The minimum absolute atomic E-state index is 0.203. The van der Waals surface area contributed by atoms with E-state index in [1.807, 2.05) is 78.9 Å². The topological polar surface area (TPSA) is 68.0 Å². The van der Waals surface area contributed by atoms with E-state index in [4.69, 9.17) is 15.2 Å². The Bertz CT molecular complexity index is 1230. The van der Waals surface area contributed by atoms with Gasteiger partial charge in [0.1, 0.15) is 18.1 Å². The molecule has 0 radical (unpaired) electrons. The highest BCUT2D eigenvalue weighted by atomic mass is 16.5. The Morgan fingerprint density at radius 2 is 1.46 bits per heavy atom. The third-order valence-corrected chi connectivity index (χ3v) is 6.61. The second kappa shape index (κ2) is 12.9. The van der Waals surface area contributed by atoms with Crippen molar-refractivity contribution in [3.63, 3.8) is 0 Å². The van der Waals surface area contributed by atoms with Gasteiger partial charge in [0.25, 0.3) is 0 Å². The van der Waals surface area contributed by atoms with Crippen LogP contribution in [0.15, 0.2) is 103 Å². The summed E-state index contributed by atoms with van der Waals surface area (Å²) in [5, 5.41) is 11.2. The largest absolute Gasteiger partial charge is 0.497 e. The number of hydrogen-bond donors (Lipinski definition) is 2. The Labute approximate surface area is 220 Å². The van der Waals surface area contributed by atoms with Crippen LogP contribution in [0.5, 0.6) is 11.5 Å². The number of benzene rings is 4. The molecule has 4 aromatic carbocycles. The van der Waals surface area contributed by atoms with Crippen LogP contribution in [0.1, 0.15) is 35.3 Å². The molecule has 4 aromatic rings. The molecule has 5 heteroatoms. The van der Waals surface area contributed by atoms with E-state index >= 15 is 0 Å². The van der Waals surface area contributed by atoms with Crippen LogP contribution >= 0.6 is 0 Å². The monoisotopic (exact) mass is 496 g/mol. The summed E-state index contributed by atoms with van der Waals surface area (Å²) in [5.41, 5.74) is 11.1. The van der Waals surface area contributed by atoms with Crippen LogP contribution in [0.25, 0.3) is 0 Å². The van der Waals surface area contributed by atoms with E-state index in [0.29, 0.717) is 24.6 Å². The summed E-state index contributed by atoms with van der Waals surface area (Å²) in [7, 11) is 1.68. The molecule has 0 bridgehead atoms. The number of methoxy groups -OCH3 is 1. The number of ether oxygens (including phenoxy) is 2. The molecule has 2 atom stereocenters. The van der Waals surface area contributed by atoms with E-state index in [2.05, 4.69) is 36.1 Å². The van der Waals surface area contributed by atoms with Crippen molar-refractivity contribution in [2.45, 2.75) is 38.6 Å². The van der Waals surface area contributed by atoms with Crippen LogP contribution in [0.4, 0.5) is 5.69 Å². The minimum Gasteiger partial charge on any atom is -0.497 e. The molecule has 37 heavy (non-hydrogen) atoms. The minimum atomic E-state index is -0.687. The van der Waals surface area contributed by atoms with E-state index in [-0.39, 0.29) is 6.04 Å². The van der Waals surface area contributed by atoms with E-state index in [1.165, 1.54) is 11.1 Å². The van der Waals surface area contributed by atoms with Crippen molar-refractivity contribution in [3.8, 4) is 11.5 Å². The van der Waals surface area contributed by atoms with Gasteiger partial charge in [-0.1, -0.05) is 78.9 Å². The van der Waals surface area contributed by atoms with Crippen molar-refractivity contribution in [1.29, 1.82) is 0 Å². The van der Waals surface area contributed by atoms with Crippen molar-refractivity contribution in [2.75, 3.05) is 19.4 Å². The Morgan fingerprint density at radius 3 is 2.08 bits per heavy atom. The third-order valence-electron chi connectivity index (χ3n) is 6.61. The number of aliphatic hydroxyl groups excluding tert-OH is 1. The van der Waals surface area contributed by atoms with Gasteiger partial charge >= 0.3 is 0 Å². The van der Waals surface area contributed by atoms with Crippen LogP contribution in [0.2, 0.25) is 0 Å². The number of anilines is 1. The van der Waals surface area contributed by atoms with Gasteiger partial charge in [-0.2, -0.15) is 0 Å². The van der Waals surface area contributed by atoms with Crippen molar-refractivity contribution < 1.29 is 14.6 Å². The molecular formula is C32H36N2O3. The van der Waals surface area contributed by atoms with Gasteiger partial charge in [0, 0.05) is 19.1 Å². The predicted molar refractivity (Wildman–Crippen MR) is 150 cm³/mol. The molecule has 4 rings (SSSR count). The summed E-state index contributed by atoms with van der Waals surface area (Å²) in [6.07, 6.45) is 0.172. The number of nitrogens with zero attached hydrogens (tertiary/aromatic N) is 1. The van der Waals surface area contributed by atoms with Crippen LogP contribution in [-0.4, -0.2) is 29.7 Å². The lowest BCUT2D eigenvalue weighted by atomic mass is 10.0. The van der Waals surface area contributed by atoms with Gasteiger partial charge in [-0.3, -0.25) is 4.90 Å². The molecule has 0 spiro atoms. The zero-order valence-electron chi connectivity index (χ0n) is 21.6. The maximum absolute atomic E-state index is 11.2. The Hall–Kier alpha value is -3.80. The van der Waals surface area contributed by atoms with Gasteiger partial charge in [0.05, 0.1) is 18.9 Å². The SMILES string of the molecule is COc1ccc(C[C@@H](C)N(Cc2ccccc2)CC(O)c2ccc(OCc3ccccc3)c(N)c2)cc1. The second-order valence-electron chi connectivity index (χ2n) is 9.40. The molecule has 0 aliphatic heterocycles. The molecule has 0 saturated heterocycles. The van der Waals surface area contributed by atoms with Crippen LogP contribution < -0.4 is 15.2 Å². The van der Waals surface area contributed by atoms with Crippen LogP contribution in [0, 0.1) is 0 Å². The Kier molecular flexibility index (Phi) is 9.19. The first-order chi connectivity index (χ1) is 18.0. The lowest BCUT2D eigenvalue weighted by Crippen LogP contribution is -2.37. The fourth-order valence-electron chi connectivity index (χ4n) is 4.42. The molecule has 1 unspecified atom stereocenters. The molecular weight excluding hydrogens is 460 g/mol. The van der Waals surface area contributed by atoms with Crippen LogP contribution in [0.3, 0.4) is 0 Å². The first-order valence-corrected chi connectivity index (χ1v) is 12.7. The van der Waals surface area contributed by atoms with Gasteiger partial charge in [-0.25, -0.2) is 0 Å². The summed E-state index contributed by atoms with van der Waals surface area (Å²) in [4.78, 5) is 2.32. The number of aliphatic hydroxyl groups is 1. The standard InChI is InChI=1S/C32H36N2O3/c1-24(19-25-13-16-29(36-2)17-14-25)34(21-26-9-5-3-6-10-26)22-31(35)28-15-18-32(30(33)20-28)37-23-27-11-7-4-8-12-27/h3-18,20,24,31,35H,19,21-23,33H2,1-2H3/t24-,31?/m1/s1. The molecule has 0 fully saturated rings. The van der Waals surface area contributed by atoms with Gasteiger partial charge in [-0.15, -0.1) is 0 Å². The molecule has 0 saturated carbocycles. The quantitative estimate of drug-likeness (QED) is 0.235. The summed E-state index contributed by atoms with van der Waals surface area (Å²) in [6.45, 7) is 3.87. The lowest BCUT2D eigenvalue weighted by Gasteiger charge is -2.31. The molecule has 0 aliphatic rings. The molecule has 0 heterocycles. The van der Waals surface area contributed by atoms with E-state index in [0.717, 1.165) is 29.8 Å². The highest BCUT2D eigenvalue weighted by molar-refractivity contribution is 5.54. The lowest BCUT2D eigenvalue weighted by molar-refractivity contribution is 0.0859. The molecule has 0 amide bonds. The van der Waals surface area contributed by atoms with Crippen molar-refractivity contribution in [2.24, 2.45) is 0 Å². The molecule has 192 valence electrons. The zero-order valence-corrected chi connectivity index (χ0v) is 21.6. The first-order valence-electron chi connectivity index (χ1n) is 12.7. The maximum Gasteiger partial charge on any atom is 0.142 e. The highest BCUT2D eigenvalue weighted by Gasteiger charge is 2.20. The number of hydrogen-bond acceptors (Lipinski definition) is 5. The average Bonchev–Trinajstić information content (AvgIpc) is 2.93. The van der Waals surface area contributed by atoms with Crippen molar-refractivity contribution >= 4 is 5.69 Å². The molecule has 3 N–H and O–H groups in total. The van der Waals surface area contributed by atoms with Crippen molar-refractivity contribution in [1.82, 2.24) is 4.90 Å². The normalized spacial score (nSPS) is 12.8. The van der Waals surface area contributed by atoms with Crippen LogP contribution in [-0.2, 0) is 19.6 Å². The van der Waals surface area contributed by atoms with Crippen molar-refractivity contribution in [3.05, 3.63) is 125 Å². The molecule has 0 aliphatic carbocycles. The summed E-state index contributed by atoms with van der Waals surface area (Å²) in [6, 6.07) is 34.3. The van der Waals surface area contributed by atoms with Gasteiger partial charge in [-0.05, 0) is 59.9 Å². The maximum atomic E-state index is 11.2. The number of nitrogen functional groups attached to an aromatic ring is 1. The first kappa shape index (κ1) is 26.3. The summed E-state index contributed by atoms with van der Waals surface area (Å²) in [5.74, 6) is 1.47. The second-order valence-corrected chi connectivity index (χ2v) is 9.40. The van der Waals surface area contributed by atoms with Gasteiger partial charge in [0.2, 0.25) is 0 Å². The Balaban J connectivity index is 1.45. The van der Waals surface area contributed by atoms with E-state index < -0.39 is 6.10 Å². The van der Waals surface area contributed by atoms with Gasteiger partial charge < -0.3 is 20.3 Å². The fraction of sp³-hybridized carbons (Fsp3) is 0.250. The van der Waals surface area contributed by atoms with E-state index in [9.17, 15) is 5.11 Å². The predicted octanol–water partition coefficient (Wildman–Crippen LogP) is 6.02. The third kappa shape index (κ3) is 7.59. The summed E-state index contributed by atoms with van der Waals surface area (Å²) >= 11 is 0. The highest BCUT2D eigenvalue weighted by Crippen LogP contribution is 2.28. The fourth-order valence-corrected chi connectivity index (χ4v) is 4.42. The number of rotatable bonds is 12. The summed E-state index contributed by atoms with van der Waals surface area (Å²) < 4.78 is 11.2. The Morgan fingerprint density at radius 1 is 0.811 bits per heavy atom. The van der Waals surface area contributed by atoms with Gasteiger partial charge in [0.15, 0.2) is 0 Å². The van der Waals surface area contributed by atoms with E-state index in [1.54, 1.807) is 7.11 Å².